The molecule has 2 aliphatic rings. The second kappa shape index (κ2) is 7.70. The van der Waals surface area contributed by atoms with Crippen molar-refractivity contribution in [1.29, 1.82) is 0 Å². The predicted molar refractivity (Wildman–Crippen MR) is 106 cm³/mol. The van der Waals surface area contributed by atoms with E-state index in [9.17, 15) is 24.6 Å². The van der Waals surface area contributed by atoms with Crippen LogP contribution in [0.15, 0.2) is 18.2 Å². The molecular formula is C21H28N2O7. The third-order valence-electron chi connectivity index (χ3n) is 5.46. The minimum absolute atomic E-state index is 0.0387. The maximum absolute atomic E-state index is 12.7. The van der Waals surface area contributed by atoms with E-state index < -0.39 is 35.4 Å². The summed E-state index contributed by atoms with van der Waals surface area (Å²) in [6.07, 6.45) is -1.60. The number of phenolic OH excluding ortho intramolecular Hbond substituents is 1. The molecule has 1 aromatic rings. The van der Waals surface area contributed by atoms with Crippen LogP contribution in [0.3, 0.4) is 0 Å². The van der Waals surface area contributed by atoms with Crippen LogP contribution in [-0.4, -0.2) is 68.5 Å². The van der Waals surface area contributed by atoms with E-state index in [4.69, 9.17) is 9.47 Å². The monoisotopic (exact) mass is 420 g/mol. The van der Waals surface area contributed by atoms with Crippen molar-refractivity contribution in [2.75, 3.05) is 13.1 Å². The normalized spacial score (nSPS) is 23.7. The third kappa shape index (κ3) is 4.29. The summed E-state index contributed by atoms with van der Waals surface area (Å²) in [5, 5.41) is 19.8. The Hall–Kier alpha value is -2.97. The van der Waals surface area contributed by atoms with Gasteiger partial charge in [0.05, 0.1) is 13.1 Å². The molecule has 2 N–H and O–H groups in total. The summed E-state index contributed by atoms with van der Waals surface area (Å²) in [5.41, 5.74) is -0.665. The largest absolute Gasteiger partial charge is 0.508 e. The van der Waals surface area contributed by atoms with Gasteiger partial charge in [0.15, 0.2) is 0 Å². The highest BCUT2D eigenvalue weighted by molar-refractivity contribution is 5.85. The number of hydrogen-bond donors (Lipinski definition) is 2. The zero-order valence-electron chi connectivity index (χ0n) is 17.7. The van der Waals surface area contributed by atoms with E-state index in [2.05, 4.69) is 0 Å². The molecule has 0 saturated carbocycles. The van der Waals surface area contributed by atoms with E-state index in [1.807, 2.05) is 6.07 Å². The Kier molecular flexibility index (Phi) is 5.58. The summed E-state index contributed by atoms with van der Waals surface area (Å²) in [7, 11) is 0. The van der Waals surface area contributed by atoms with Crippen molar-refractivity contribution in [3.63, 3.8) is 0 Å². The van der Waals surface area contributed by atoms with Crippen molar-refractivity contribution < 1.29 is 34.1 Å². The van der Waals surface area contributed by atoms with Gasteiger partial charge < -0.3 is 24.6 Å². The number of carbonyl (C=O) groups is 3. The van der Waals surface area contributed by atoms with Crippen molar-refractivity contribution in [2.24, 2.45) is 0 Å². The first kappa shape index (κ1) is 21.7. The molecule has 1 aromatic carbocycles. The Bertz CT molecular complexity index is 863. The summed E-state index contributed by atoms with van der Waals surface area (Å²) in [6.45, 7) is 7.06. The number of benzene rings is 1. The first-order chi connectivity index (χ1) is 13.9. The summed E-state index contributed by atoms with van der Waals surface area (Å²) < 4.78 is 10.9. The van der Waals surface area contributed by atoms with E-state index in [1.165, 1.54) is 11.8 Å². The topological polar surface area (TPSA) is 117 Å². The lowest BCUT2D eigenvalue weighted by atomic mass is 9.98. The predicted octanol–water partition coefficient (Wildman–Crippen LogP) is 2.74. The number of carbonyl (C=O) groups excluding carboxylic acids is 2. The van der Waals surface area contributed by atoms with E-state index >= 15 is 0 Å². The van der Waals surface area contributed by atoms with Crippen molar-refractivity contribution in [2.45, 2.75) is 64.3 Å². The molecule has 0 bridgehead atoms. The van der Waals surface area contributed by atoms with Crippen LogP contribution in [0.2, 0.25) is 0 Å². The lowest BCUT2D eigenvalue weighted by molar-refractivity contribution is -0.148. The van der Waals surface area contributed by atoms with Gasteiger partial charge in [0, 0.05) is 18.5 Å². The number of aliphatic carboxylic acids is 1. The number of nitrogens with zero attached hydrogens (tertiary/aromatic N) is 2. The number of carboxylic acids is 1. The Labute approximate surface area is 175 Å². The number of ether oxygens (including phenoxy) is 2. The van der Waals surface area contributed by atoms with Crippen LogP contribution in [-0.2, 0) is 27.2 Å². The molecular weight excluding hydrogens is 392 g/mol. The molecule has 2 heterocycles. The quantitative estimate of drug-likeness (QED) is 0.755. The number of likely N-dealkylation sites (tertiary alicyclic amines) is 1. The van der Waals surface area contributed by atoms with Crippen LogP contribution in [0.5, 0.6) is 5.75 Å². The highest BCUT2D eigenvalue weighted by Gasteiger charge is 2.53. The maximum atomic E-state index is 12.7. The van der Waals surface area contributed by atoms with Gasteiger partial charge >= 0.3 is 18.2 Å². The van der Waals surface area contributed by atoms with Crippen molar-refractivity contribution in [1.82, 2.24) is 9.80 Å². The summed E-state index contributed by atoms with van der Waals surface area (Å²) >= 11 is 0. The van der Waals surface area contributed by atoms with Crippen LogP contribution in [0.25, 0.3) is 0 Å². The molecule has 30 heavy (non-hydrogen) atoms. The van der Waals surface area contributed by atoms with Gasteiger partial charge in [0.1, 0.15) is 23.0 Å². The van der Waals surface area contributed by atoms with E-state index in [0.717, 1.165) is 10.5 Å². The summed E-state index contributed by atoms with van der Waals surface area (Å²) in [5.74, 6) is -1.07. The van der Waals surface area contributed by atoms with Crippen molar-refractivity contribution in [3.05, 3.63) is 29.3 Å². The fourth-order valence-corrected chi connectivity index (χ4v) is 3.83. The lowest BCUT2D eigenvalue weighted by Gasteiger charge is -2.32. The summed E-state index contributed by atoms with van der Waals surface area (Å²) in [4.78, 5) is 39.7. The van der Waals surface area contributed by atoms with Gasteiger partial charge in [-0.2, -0.15) is 0 Å². The maximum Gasteiger partial charge on any atom is 0.411 e. The smallest absolute Gasteiger partial charge is 0.411 e. The number of carboxylic acid groups (broad SMARTS) is 1. The van der Waals surface area contributed by atoms with E-state index in [-0.39, 0.29) is 25.3 Å². The average molecular weight is 420 g/mol. The minimum Gasteiger partial charge on any atom is -0.508 e. The Morgan fingerprint density at radius 3 is 2.53 bits per heavy atom. The van der Waals surface area contributed by atoms with Crippen LogP contribution in [0.4, 0.5) is 9.59 Å². The first-order valence-corrected chi connectivity index (χ1v) is 9.90. The molecule has 1 saturated heterocycles. The number of hydrogen-bond acceptors (Lipinski definition) is 6. The molecule has 164 valence electrons. The molecule has 0 spiro atoms. The number of phenols is 1. The molecule has 0 aliphatic carbocycles. The molecule has 9 heteroatoms. The fourth-order valence-electron chi connectivity index (χ4n) is 3.83. The fraction of sp³-hybridized carbons (Fsp3) is 0.571. The van der Waals surface area contributed by atoms with Gasteiger partial charge in [-0.1, -0.05) is 12.1 Å². The van der Waals surface area contributed by atoms with E-state index in [1.54, 1.807) is 32.9 Å². The molecule has 2 atom stereocenters. The number of amides is 2. The van der Waals surface area contributed by atoms with Gasteiger partial charge in [-0.05, 0) is 45.7 Å². The van der Waals surface area contributed by atoms with Crippen LogP contribution >= 0.6 is 0 Å². The number of rotatable bonds is 2. The molecule has 9 nitrogen and oxygen atoms in total. The number of aromatic hydroxyl groups is 1. The molecule has 1 fully saturated rings. The molecule has 0 unspecified atom stereocenters. The second-order valence-corrected chi connectivity index (χ2v) is 8.97. The SMILES string of the molecule is CC(C)(C)OC(=O)N1C[C@H](OC(=O)N2CCc3cccc(O)c3C2)C[C@@]1(C)C(=O)O. The highest BCUT2D eigenvalue weighted by Crippen LogP contribution is 2.34. The zero-order chi connectivity index (χ0) is 22.3. The molecule has 3 rings (SSSR count). The molecule has 0 radical (unpaired) electrons. The van der Waals surface area contributed by atoms with Crippen molar-refractivity contribution >= 4 is 18.2 Å². The standard InChI is InChI=1S/C21H28N2O7/c1-20(2,3)30-19(28)23-11-14(10-21(23,4)17(25)26)29-18(27)22-9-8-13-6-5-7-16(24)15(13)12-22/h5-7,14,24H,8-12H2,1-4H3,(H,25,26)/t14-,21+/m1/s1. The average Bonchev–Trinajstić information content (AvgIpc) is 2.98. The molecule has 0 aromatic heterocycles. The van der Waals surface area contributed by atoms with Crippen LogP contribution in [0, 0.1) is 0 Å². The van der Waals surface area contributed by atoms with Gasteiger partial charge in [-0.3, -0.25) is 4.90 Å². The van der Waals surface area contributed by atoms with Gasteiger partial charge in [0.25, 0.3) is 0 Å². The second-order valence-electron chi connectivity index (χ2n) is 8.97. The van der Waals surface area contributed by atoms with E-state index in [0.29, 0.717) is 18.5 Å². The molecule has 2 aliphatic heterocycles. The van der Waals surface area contributed by atoms with Crippen molar-refractivity contribution in [3.8, 4) is 5.75 Å². The minimum atomic E-state index is -1.54. The lowest BCUT2D eigenvalue weighted by Crippen LogP contribution is -2.52. The number of fused-ring (bicyclic) bond motifs is 1. The third-order valence-corrected chi connectivity index (χ3v) is 5.46. The van der Waals surface area contributed by atoms with Gasteiger partial charge in [-0.15, -0.1) is 0 Å². The zero-order valence-corrected chi connectivity index (χ0v) is 17.7. The van der Waals surface area contributed by atoms with Gasteiger partial charge in [-0.25, -0.2) is 14.4 Å². The van der Waals surface area contributed by atoms with Crippen LogP contribution < -0.4 is 0 Å². The van der Waals surface area contributed by atoms with Gasteiger partial charge in [0.2, 0.25) is 0 Å². The Balaban J connectivity index is 1.70. The van der Waals surface area contributed by atoms with Crippen LogP contribution in [0.1, 0.15) is 45.2 Å². The first-order valence-electron chi connectivity index (χ1n) is 9.90. The Morgan fingerprint density at radius 1 is 1.20 bits per heavy atom. The Morgan fingerprint density at radius 2 is 1.90 bits per heavy atom. The summed E-state index contributed by atoms with van der Waals surface area (Å²) in [6, 6.07) is 5.24. The molecule has 2 amide bonds. The highest BCUT2D eigenvalue weighted by atomic mass is 16.6.